The van der Waals surface area contributed by atoms with Gasteiger partial charge in [0.1, 0.15) is 5.69 Å². The van der Waals surface area contributed by atoms with Gasteiger partial charge in [-0.25, -0.2) is 4.68 Å². The van der Waals surface area contributed by atoms with Gasteiger partial charge in [0.15, 0.2) is 0 Å². The molecule has 0 saturated heterocycles. The van der Waals surface area contributed by atoms with Crippen molar-refractivity contribution in [3.63, 3.8) is 0 Å². The molecule has 0 aliphatic heterocycles. The van der Waals surface area contributed by atoms with Gasteiger partial charge >= 0.3 is 6.18 Å². The molecule has 168 valence electrons. The summed E-state index contributed by atoms with van der Waals surface area (Å²) in [4.78, 5) is 16.3. The zero-order valence-corrected chi connectivity index (χ0v) is 17.6. The second kappa shape index (κ2) is 9.68. The molecule has 0 unspecified atom stereocenters. The molecule has 1 amide bonds. The maximum Gasteiger partial charge on any atom is 0.433 e. The number of carbonyl (C=O) groups excluding carboxylic acids is 1. The van der Waals surface area contributed by atoms with Crippen LogP contribution in [0.2, 0.25) is 0 Å². The monoisotopic (exact) mass is 450 g/mol. The second-order valence-electron chi connectivity index (χ2n) is 7.46. The highest BCUT2D eigenvalue weighted by Crippen LogP contribution is 2.34. The first-order chi connectivity index (χ1) is 15.9. The number of hydrogen-bond donors (Lipinski definition) is 1. The summed E-state index contributed by atoms with van der Waals surface area (Å²) < 4.78 is 41.7. The van der Waals surface area contributed by atoms with Crippen LogP contribution in [0.5, 0.6) is 0 Å². The summed E-state index contributed by atoms with van der Waals surface area (Å²) in [6.45, 7) is 0.501. The minimum Gasteiger partial charge on any atom is -0.352 e. The van der Waals surface area contributed by atoms with Crippen LogP contribution in [0.15, 0.2) is 85.2 Å². The zero-order chi connectivity index (χ0) is 23.3. The molecule has 5 nitrogen and oxygen atoms in total. The molecular weight excluding hydrogens is 429 g/mol. The molecule has 2 aromatic heterocycles. The third kappa shape index (κ3) is 5.46. The second-order valence-corrected chi connectivity index (χ2v) is 7.46. The average Bonchev–Trinajstić information content (AvgIpc) is 3.29. The summed E-state index contributed by atoms with van der Waals surface area (Å²) >= 11 is 0. The number of carbonyl (C=O) groups is 1. The van der Waals surface area contributed by atoms with Crippen LogP contribution in [-0.2, 0) is 12.6 Å². The van der Waals surface area contributed by atoms with Crippen LogP contribution < -0.4 is 5.32 Å². The Bertz CT molecular complexity index is 1200. The summed E-state index contributed by atoms with van der Waals surface area (Å²) in [5.41, 5.74) is 1.51. The van der Waals surface area contributed by atoms with E-state index in [-0.39, 0.29) is 17.3 Å². The van der Waals surface area contributed by atoms with Crippen molar-refractivity contribution in [3.8, 4) is 16.9 Å². The van der Waals surface area contributed by atoms with Gasteiger partial charge in [-0.15, -0.1) is 0 Å². The van der Waals surface area contributed by atoms with Crippen LogP contribution in [0.3, 0.4) is 0 Å². The molecular formula is C25H21F3N4O. The molecule has 4 aromatic rings. The van der Waals surface area contributed by atoms with E-state index >= 15 is 0 Å². The van der Waals surface area contributed by atoms with E-state index in [2.05, 4.69) is 15.4 Å². The third-order valence-electron chi connectivity index (χ3n) is 5.10. The molecule has 0 aliphatic rings. The number of alkyl halides is 3. The zero-order valence-electron chi connectivity index (χ0n) is 17.6. The number of amides is 1. The van der Waals surface area contributed by atoms with Gasteiger partial charge in [-0.1, -0.05) is 30.3 Å². The van der Waals surface area contributed by atoms with Crippen LogP contribution in [-0.4, -0.2) is 27.2 Å². The number of aryl methyl sites for hydroxylation is 1. The predicted octanol–water partition coefficient (Wildman–Crippen LogP) is 5.32. The molecule has 0 bridgehead atoms. The maximum absolute atomic E-state index is 13.6. The lowest BCUT2D eigenvalue weighted by Crippen LogP contribution is -2.24. The summed E-state index contributed by atoms with van der Waals surface area (Å²) in [7, 11) is 0. The smallest absolute Gasteiger partial charge is 0.352 e. The molecule has 0 spiro atoms. The fraction of sp³-hybridized carbons (Fsp3) is 0.160. The maximum atomic E-state index is 13.6. The third-order valence-corrected chi connectivity index (χ3v) is 5.10. The van der Waals surface area contributed by atoms with Gasteiger partial charge in [0.25, 0.3) is 5.91 Å². The molecule has 0 aliphatic carbocycles. The lowest BCUT2D eigenvalue weighted by atomic mass is 10.1. The highest BCUT2D eigenvalue weighted by Gasteiger charge is 2.36. The van der Waals surface area contributed by atoms with Gasteiger partial charge in [0.05, 0.1) is 11.4 Å². The first-order valence-corrected chi connectivity index (χ1v) is 10.4. The van der Waals surface area contributed by atoms with E-state index < -0.39 is 11.9 Å². The minimum absolute atomic E-state index is 0.163. The lowest BCUT2D eigenvalue weighted by molar-refractivity contribution is -0.142. The average molecular weight is 450 g/mol. The van der Waals surface area contributed by atoms with E-state index in [0.29, 0.717) is 17.7 Å². The van der Waals surface area contributed by atoms with E-state index in [4.69, 9.17) is 0 Å². The molecule has 0 atom stereocenters. The minimum atomic E-state index is -4.59. The Labute approximate surface area is 188 Å². The van der Waals surface area contributed by atoms with Gasteiger partial charge in [-0.3, -0.25) is 9.78 Å². The number of benzene rings is 2. The first kappa shape index (κ1) is 22.3. The number of nitrogens with zero attached hydrogens (tertiary/aromatic N) is 3. The fourth-order valence-corrected chi connectivity index (χ4v) is 3.43. The van der Waals surface area contributed by atoms with E-state index in [1.165, 1.54) is 42.2 Å². The topological polar surface area (TPSA) is 59.8 Å². The van der Waals surface area contributed by atoms with Crippen LogP contribution in [0.25, 0.3) is 16.9 Å². The van der Waals surface area contributed by atoms with E-state index in [1.807, 2.05) is 30.3 Å². The van der Waals surface area contributed by atoms with Gasteiger partial charge < -0.3 is 5.32 Å². The molecule has 2 heterocycles. The largest absolute Gasteiger partial charge is 0.433 e. The SMILES string of the molecule is O=C(NCCCc1ccccc1)c1ccc(-n2nc(-c3cccnc3)cc2C(F)(F)F)cc1. The van der Waals surface area contributed by atoms with Gasteiger partial charge in [0, 0.05) is 30.1 Å². The van der Waals surface area contributed by atoms with Gasteiger partial charge in [0.2, 0.25) is 0 Å². The number of aromatic nitrogens is 3. The van der Waals surface area contributed by atoms with Crippen molar-refractivity contribution in [3.05, 3.63) is 102 Å². The Balaban J connectivity index is 1.46. The molecule has 2 aromatic carbocycles. The quantitative estimate of drug-likeness (QED) is 0.388. The Morgan fingerprint density at radius 3 is 2.39 bits per heavy atom. The summed E-state index contributed by atoms with van der Waals surface area (Å²) in [5.74, 6) is -0.276. The van der Waals surface area contributed by atoms with Crippen molar-refractivity contribution in [1.29, 1.82) is 0 Å². The molecule has 4 rings (SSSR count). The Kier molecular flexibility index (Phi) is 6.53. The van der Waals surface area contributed by atoms with Crippen molar-refractivity contribution in [2.75, 3.05) is 6.54 Å². The molecule has 1 N–H and O–H groups in total. The van der Waals surface area contributed by atoms with Gasteiger partial charge in [-0.2, -0.15) is 18.3 Å². The van der Waals surface area contributed by atoms with Crippen molar-refractivity contribution in [1.82, 2.24) is 20.1 Å². The van der Waals surface area contributed by atoms with Crippen molar-refractivity contribution in [2.45, 2.75) is 19.0 Å². The van der Waals surface area contributed by atoms with Crippen LogP contribution in [0.4, 0.5) is 13.2 Å². The molecule has 8 heteroatoms. The van der Waals surface area contributed by atoms with Gasteiger partial charge in [-0.05, 0) is 60.9 Å². The van der Waals surface area contributed by atoms with E-state index in [1.54, 1.807) is 12.1 Å². The summed E-state index contributed by atoms with van der Waals surface area (Å²) in [6, 6.07) is 20.1. The van der Waals surface area contributed by atoms with Crippen molar-refractivity contribution in [2.24, 2.45) is 0 Å². The highest BCUT2D eigenvalue weighted by atomic mass is 19.4. The normalized spacial score (nSPS) is 11.4. The first-order valence-electron chi connectivity index (χ1n) is 10.4. The van der Waals surface area contributed by atoms with Crippen LogP contribution in [0.1, 0.15) is 28.0 Å². The number of pyridine rings is 1. The summed E-state index contributed by atoms with van der Waals surface area (Å²) in [6.07, 6.45) is 0.0307. The highest BCUT2D eigenvalue weighted by molar-refractivity contribution is 5.94. The van der Waals surface area contributed by atoms with Crippen molar-refractivity contribution >= 4 is 5.91 Å². The number of halogens is 3. The lowest BCUT2D eigenvalue weighted by Gasteiger charge is -2.11. The Morgan fingerprint density at radius 2 is 1.73 bits per heavy atom. The standard InChI is InChI=1S/C25H21F3N4O/c26-25(27,28)23-16-22(20-9-5-14-29-17-20)31-32(23)21-12-10-19(11-13-21)24(33)30-15-4-8-18-6-2-1-3-7-18/h1-3,5-7,9-14,16-17H,4,8,15H2,(H,30,33). The Morgan fingerprint density at radius 1 is 0.970 bits per heavy atom. The van der Waals surface area contributed by atoms with Crippen LogP contribution in [0, 0.1) is 0 Å². The Hall–Kier alpha value is -3.94. The van der Waals surface area contributed by atoms with E-state index in [0.717, 1.165) is 23.6 Å². The summed E-state index contributed by atoms with van der Waals surface area (Å²) in [5, 5.41) is 6.98. The molecule has 33 heavy (non-hydrogen) atoms. The molecule has 0 fully saturated rings. The number of rotatable bonds is 7. The number of hydrogen-bond acceptors (Lipinski definition) is 3. The van der Waals surface area contributed by atoms with Crippen LogP contribution >= 0.6 is 0 Å². The predicted molar refractivity (Wildman–Crippen MR) is 119 cm³/mol. The van der Waals surface area contributed by atoms with E-state index in [9.17, 15) is 18.0 Å². The molecule has 0 radical (unpaired) electrons. The molecule has 0 saturated carbocycles. The van der Waals surface area contributed by atoms with Crippen molar-refractivity contribution < 1.29 is 18.0 Å². The number of nitrogens with one attached hydrogen (secondary N) is 1. The fourth-order valence-electron chi connectivity index (χ4n) is 3.43.